The minimum atomic E-state index is -0.0731. The van der Waals surface area contributed by atoms with Gasteiger partial charge in [0, 0.05) is 38.6 Å². The highest BCUT2D eigenvalue weighted by Gasteiger charge is 2.29. The molecule has 2 heterocycles. The molecular weight excluding hydrogens is 290 g/mol. The molecule has 1 aromatic carbocycles. The summed E-state index contributed by atoms with van der Waals surface area (Å²) < 4.78 is 11.6. The smallest absolute Gasteiger partial charge is 0.191 e. The fraction of sp³-hybridized carbons (Fsp3) is 0.500. The van der Waals surface area contributed by atoms with Gasteiger partial charge < -0.3 is 19.8 Å². The normalized spacial score (nSPS) is 21.7. The SMILES string of the molecule is CN=C(NCCc1cc2ccccc2o1)NCC1(C)CCCO1. The number of nitrogens with zero attached hydrogens (tertiary/aromatic N) is 1. The lowest BCUT2D eigenvalue weighted by Crippen LogP contribution is -2.45. The molecule has 0 aliphatic carbocycles. The van der Waals surface area contributed by atoms with Gasteiger partial charge in [0.25, 0.3) is 0 Å². The van der Waals surface area contributed by atoms with Gasteiger partial charge in [-0.1, -0.05) is 18.2 Å². The van der Waals surface area contributed by atoms with E-state index in [9.17, 15) is 0 Å². The number of ether oxygens (including phenoxy) is 1. The van der Waals surface area contributed by atoms with Crippen molar-refractivity contribution in [1.82, 2.24) is 10.6 Å². The monoisotopic (exact) mass is 315 g/mol. The van der Waals surface area contributed by atoms with Crippen molar-refractivity contribution in [2.45, 2.75) is 31.8 Å². The molecule has 0 radical (unpaired) electrons. The molecule has 5 nitrogen and oxygen atoms in total. The molecule has 1 aliphatic heterocycles. The molecule has 23 heavy (non-hydrogen) atoms. The predicted octanol–water partition coefficient (Wildman–Crippen LogP) is 2.71. The molecule has 0 spiro atoms. The summed E-state index contributed by atoms with van der Waals surface area (Å²) >= 11 is 0. The van der Waals surface area contributed by atoms with Crippen LogP contribution in [0.25, 0.3) is 11.0 Å². The third-order valence-electron chi connectivity index (χ3n) is 4.29. The van der Waals surface area contributed by atoms with E-state index in [4.69, 9.17) is 9.15 Å². The standard InChI is InChI=1S/C18H25N3O2/c1-18(9-5-11-22-18)13-21-17(19-2)20-10-8-15-12-14-6-3-4-7-16(14)23-15/h3-4,6-7,12H,5,8-11,13H2,1-2H3,(H2,19,20,21). The van der Waals surface area contributed by atoms with Gasteiger partial charge in [-0.15, -0.1) is 0 Å². The lowest BCUT2D eigenvalue weighted by atomic mass is 10.0. The number of fused-ring (bicyclic) bond motifs is 1. The van der Waals surface area contributed by atoms with E-state index < -0.39 is 0 Å². The van der Waals surface area contributed by atoms with Crippen LogP contribution < -0.4 is 10.6 Å². The van der Waals surface area contributed by atoms with Crippen LogP contribution in [-0.2, 0) is 11.2 Å². The maximum absolute atomic E-state index is 5.82. The number of hydrogen-bond acceptors (Lipinski definition) is 3. The number of hydrogen-bond donors (Lipinski definition) is 2. The molecule has 1 atom stereocenters. The van der Waals surface area contributed by atoms with E-state index in [1.165, 1.54) is 0 Å². The number of guanidine groups is 1. The Morgan fingerprint density at radius 2 is 2.17 bits per heavy atom. The molecule has 2 N–H and O–H groups in total. The first kappa shape index (κ1) is 15.9. The third kappa shape index (κ3) is 4.05. The van der Waals surface area contributed by atoms with Gasteiger partial charge in [-0.25, -0.2) is 0 Å². The molecule has 0 bridgehead atoms. The molecule has 0 amide bonds. The Kier molecular flexibility index (Phi) is 4.86. The Morgan fingerprint density at radius 3 is 2.91 bits per heavy atom. The van der Waals surface area contributed by atoms with Gasteiger partial charge in [-0.2, -0.15) is 0 Å². The lowest BCUT2D eigenvalue weighted by Gasteiger charge is -2.24. The molecule has 3 rings (SSSR count). The maximum Gasteiger partial charge on any atom is 0.191 e. The van der Waals surface area contributed by atoms with Crippen LogP contribution in [0.5, 0.6) is 0 Å². The van der Waals surface area contributed by atoms with E-state index in [1.54, 1.807) is 7.05 Å². The number of aliphatic imine (C=N–C) groups is 1. The second-order valence-electron chi connectivity index (χ2n) is 6.26. The fourth-order valence-electron chi connectivity index (χ4n) is 2.93. The molecule has 1 aliphatic rings. The van der Waals surface area contributed by atoms with Gasteiger partial charge in [0.05, 0.1) is 5.60 Å². The first-order valence-corrected chi connectivity index (χ1v) is 8.24. The van der Waals surface area contributed by atoms with E-state index in [0.717, 1.165) is 61.6 Å². The summed E-state index contributed by atoms with van der Waals surface area (Å²) in [7, 11) is 1.79. The van der Waals surface area contributed by atoms with Crippen molar-refractivity contribution in [3.63, 3.8) is 0 Å². The molecular formula is C18H25N3O2. The first-order valence-electron chi connectivity index (χ1n) is 8.24. The van der Waals surface area contributed by atoms with Crippen molar-refractivity contribution in [3.05, 3.63) is 36.1 Å². The molecule has 0 saturated carbocycles. The van der Waals surface area contributed by atoms with E-state index in [2.05, 4.69) is 34.7 Å². The summed E-state index contributed by atoms with van der Waals surface area (Å²) in [5.41, 5.74) is 0.868. The van der Waals surface area contributed by atoms with Crippen LogP contribution in [0, 0.1) is 0 Å². The molecule has 2 aromatic rings. The molecule has 1 unspecified atom stereocenters. The van der Waals surface area contributed by atoms with Gasteiger partial charge in [-0.05, 0) is 31.9 Å². The zero-order chi connectivity index (χ0) is 16.1. The van der Waals surface area contributed by atoms with Gasteiger partial charge in [-0.3, -0.25) is 4.99 Å². The minimum Gasteiger partial charge on any atom is -0.461 e. The Labute approximate surface area is 137 Å². The highest BCUT2D eigenvalue weighted by atomic mass is 16.5. The van der Waals surface area contributed by atoms with Crippen molar-refractivity contribution < 1.29 is 9.15 Å². The van der Waals surface area contributed by atoms with E-state index in [-0.39, 0.29) is 5.60 Å². The Bertz CT molecular complexity index is 639. The van der Waals surface area contributed by atoms with Crippen molar-refractivity contribution in [2.24, 2.45) is 4.99 Å². The van der Waals surface area contributed by atoms with E-state index in [0.29, 0.717) is 0 Å². The number of rotatable bonds is 5. The molecule has 5 heteroatoms. The minimum absolute atomic E-state index is 0.0731. The Hall–Kier alpha value is -2.01. The number of furan rings is 1. The molecule has 1 aromatic heterocycles. The summed E-state index contributed by atoms with van der Waals surface area (Å²) in [6.07, 6.45) is 3.05. The van der Waals surface area contributed by atoms with Gasteiger partial charge in [0.1, 0.15) is 11.3 Å². The summed E-state index contributed by atoms with van der Waals surface area (Å²) in [6, 6.07) is 10.2. The number of benzene rings is 1. The van der Waals surface area contributed by atoms with Crippen LogP contribution in [0.3, 0.4) is 0 Å². The van der Waals surface area contributed by atoms with Gasteiger partial charge in [0.15, 0.2) is 5.96 Å². The largest absolute Gasteiger partial charge is 0.461 e. The summed E-state index contributed by atoms with van der Waals surface area (Å²) in [4.78, 5) is 4.26. The van der Waals surface area contributed by atoms with E-state index >= 15 is 0 Å². The van der Waals surface area contributed by atoms with Gasteiger partial charge >= 0.3 is 0 Å². The van der Waals surface area contributed by atoms with Crippen LogP contribution >= 0.6 is 0 Å². The summed E-state index contributed by atoms with van der Waals surface area (Å²) in [5.74, 6) is 1.79. The zero-order valence-corrected chi connectivity index (χ0v) is 13.9. The third-order valence-corrected chi connectivity index (χ3v) is 4.29. The quantitative estimate of drug-likeness (QED) is 0.658. The van der Waals surface area contributed by atoms with Crippen LogP contribution in [0.15, 0.2) is 39.7 Å². The predicted molar refractivity (Wildman–Crippen MR) is 92.9 cm³/mol. The highest BCUT2D eigenvalue weighted by molar-refractivity contribution is 5.80. The second-order valence-corrected chi connectivity index (χ2v) is 6.26. The van der Waals surface area contributed by atoms with Crippen molar-refractivity contribution >= 4 is 16.9 Å². The topological polar surface area (TPSA) is 58.8 Å². The summed E-state index contributed by atoms with van der Waals surface area (Å²) in [6.45, 7) is 4.55. The maximum atomic E-state index is 5.82. The number of para-hydroxylation sites is 1. The van der Waals surface area contributed by atoms with E-state index in [1.807, 2.05) is 18.2 Å². The van der Waals surface area contributed by atoms with Crippen molar-refractivity contribution in [3.8, 4) is 0 Å². The van der Waals surface area contributed by atoms with Crippen LogP contribution in [0.1, 0.15) is 25.5 Å². The average molecular weight is 315 g/mol. The average Bonchev–Trinajstić information content (AvgIpc) is 3.17. The lowest BCUT2D eigenvalue weighted by molar-refractivity contribution is 0.0243. The first-order chi connectivity index (χ1) is 11.2. The van der Waals surface area contributed by atoms with Gasteiger partial charge in [0.2, 0.25) is 0 Å². The van der Waals surface area contributed by atoms with Crippen molar-refractivity contribution in [2.75, 3.05) is 26.7 Å². The Morgan fingerprint density at radius 1 is 1.30 bits per heavy atom. The summed E-state index contributed by atoms with van der Waals surface area (Å²) in [5, 5.41) is 7.82. The molecule has 1 saturated heterocycles. The highest BCUT2D eigenvalue weighted by Crippen LogP contribution is 2.23. The molecule has 1 fully saturated rings. The fourth-order valence-corrected chi connectivity index (χ4v) is 2.93. The van der Waals surface area contributed by atoms with Crippen LogP contribution in [0.4, 0.5) is 0 Å². The van der Waals surface area contributed by atoms with Crippen molar-refractivity contribution in [1.29, 1.82) is 0 Å². The molecule has 124 valence electrons. The Balaban J connectivity index is 1.46. The van der Waals surface area contributed by atoms with Crippen LogP contribution in [-0.4, -0.2) is 38.3 Å². The second kappa shape index (κ2) is 7.04. The zero-order valence-electron chi connectivity index (χ0n) is 13.9. The van der Waals surface area contributed by atoms with Crippen LogP contribution in [0.2, 0.25) is 0 Å². The number of nitrogens with one attached hydrogen (secondary N) is 2.